The van der Waals surface area contributed by atoms with Gasteiger partial charge in [0.25, 0.3) is 0 Å². The van der Waals surface area contributed by atoms with Crippen molar-refractivity contribution in [2.24, 2.45) is 0 Å². The van der Waals surface area contributed by atoms with E-state index in [4.69, 9.17) is 4.74 Å². The van der Waals surface area contributed by atoms with Crippen LogP contribution in [0, 0.1) is 0 Å². The summed E-state index contributed by atoms with van der Waals surface area (Å²) in [5, 5.41) is 0. The van der Waals surface area contributed by atoms with Crippen molar-refractivity contribution >= 4 is 0 Å². The first kappa shape index (κ1) is 11.0. The Morgan fingerprint density at radius 2 is 2.17 bits per heavy atom. The lowest BCUT2D eigenvalue weighted by Gasteiger charge is -2.03. The zero-order valence-corrected chi connectivity index (χ0v) is 8.05. The Balaban J connectivity index is 3.95. The maximum absolute atomic E-state index is 5.44. The Bertz CT molecular complexity index is 166. The van der Waals surface area contributed by atoms with Crippen LogP contribution in [0.1, 0.15) is 26.7 Å². The highest BCUT2D eigenvalue weighted by Crippen LogP contribution is 2.01. The predicted molar refractivity (Wildman–Crippen MR) is 54.0 cm³/mol. The maximum Gasteiger partial charge on any atom is 0.118 e. The second kappa shape index (κ2) is 8.12. The van der Waals surface area contributed by atoms with Crippen LogP contribution in [-0.4, -0.2) is 6.61 Å². The Morgan fingerprint density at radius 1 is 1.42 bits per heavy atom. The first-order chi connectivity index (χ1) is 5.85. The van der Waals surface area contributed by atoms with E-state index in [0.717, 1.165) is 25.2 Å². The van der Waals surface area contributed by atoms with Gasteiger partial charge in [-0.05, 0) is 25.0 Å². The molecule has 0 aromatic rings. The van der Waals surface area contributed by atoms with E-state index in [2.05, 4.69) is 26.5 Å². The van der Waals surface area contributed by atoms with Crippen molar-refractivity contribution in [3.63, 3.8) is 0 Å². The van der Waals surface area contributed by atoms with Crippen LogP contribution < -0.4 is 0 Å². The van der Waals surface area contributed by atoms with Crippen LogP contribution in [-0.2, 0) is 4.74 Å². The minimum atomic E-state index is 0.772. The molecule has 0 aliphatic heterocycles. The van der Waals surface area contributed by atoms with Crippen LogP contribution >= 0.6 is 0 Å². The summed E-state index contributed by atoms with van der Waals surface area (Å²) in [6.45, 7) is 8.59. The van der Waals surface area contributed by atoms with Crippen molar-refractivity contribution in [3.8, 4) is 0 Å². The molecular formula is C11H18O. The molecule has 0 aromatic carbocycles. The summed E-state index contributed by atoms with van der Waals surface area (Å²) >= 11 is 0. The SMILES string of the molecule is C=CC=C(C=CCC)OCCC. The molecule has 0 aliphatic rings. The van der Waals surface area contributed by atoms with Crippen LogP contribution in [0.15, 0.2) is 36.6 Å². The van der Waals surface area contributed by atoms with E-state index in [9.17, 15) is 0 Å². The molecular weight excluding hydrogens is 148 g/mol. The lowest BCUT2D eigenvalue weighted by atomic mass is 10.3. The molecule has 0 rings (SSSR count). The van der Waals surface area contributed by atoms with E-state index in [-0.39, 0.29) is 0 Å². The molecule has 68 valence electrons. The Kier molecular flexibility index (Phi) is 7.46. The highest BCUT2D eigenvalue weighted by atomic mass is 16.5. The second-order valence-corrected chi connectivity index (χ2v) is 2.46. The monoisotopic (exact) mass is 166 g/mol. The van der Waals surface area contributed by atoms with Gasteiger partial charge in [0.15, 0.2) is 0 Å². The molecule has 12 heavy (non-hydrogen) atoms. The molecule has 1 nitrogen and oxygen atoms in total. The van der Waals surface area contributed by atoms with Crippen molar-refractivity contribution in [2.75, 3.05) is 6.61 Å². The fraction of sp³-hybridized carbons (Fsp3) is 0.455. The Labute approximate surface area is 75.4 Å². The van der Waals surface area contributed by atoms with E-state index < -0.39 is 0 Å². The van der Waals surface area contributed by atoms with E-state index >= 15 is 0 Å². The fourth-order valence-electron chi connectivity index (χ4n) is 0.722. The van der Waals surface area contributed by atoms with Crippen LogP contribution in [0.2, 0.25) is 0 Å². The van der Waals surface area contributed by atoms with Crippen molar-refractivity contribution in [2.45, 2.75) is 26.7 Å². The summed E-state index contributed by atoms with van der Waals surface area (Å²) in [5.74, 6) is 0.897. The largest absolute Gasteiger partial charge is 0.494 e. The quantitative estimate of drug-likeness (QED) is 0.434. The van der Waals surface area contributed by atoms with Gasteiger partial charge in [-0.2, -0.15) is 0 Å². The standard InChI is InChI=1S/C11H18O/c1-4-7-9-11(8-5-2)12-10-6-3/h5,7-9H,2,4,6,10H2,1,3H3. The van der Waals surface area contributed by atoms with Gasteiger partial charge >= 0.3 is 0 Å². The van der Waals surface area contributed by atoms with E-state index in [1.54, 1.807) is 6.08 Å². The third kappa shape index (κ3) is 5.78. The molecule has 0 saturated heterocycles. The van der Waals surface area contributed by atoms with Gasteiger partial charge in [-0.25, -0.2) is 0 Å². The van der Waals surface area contributed by atoms with E-state index in [1.807, 2.05) is 12.2 Å². The Morgan fingerprint density at radius 3 is 2.67 bits per heavy atom. The first-order valence-electron chi connectivity index (χ1n) is 4.47. The van der Waals surface area contributed by atoms with Crippen molar-refractivity contribution < 1.29 is 4.74 Å². The van der Waals surface area contributed by atoms with Gasteiger partial charge in [0.05, 0.1) is 6.61 Å². The number of hydrogen-bond acceptors (Lipinski definition) is 1. The van der Waals surface area contributed by atoms with Gasteiger partial charge in [0, 0.05) is 0 Å². The third-order valence-corrected chi connectivity index (χ3v) is 1.27. The minimum absolute atomic E-state index is 0.772. The van der Waals surface area contributed by atoms with Gasteiger partial charge in [0.1, 0.15) is 5.76 Å². The number of ether oxygens (including phenoxy) is 1. The lowest BCUT2D eigenvalue weighted by molar-refractivity contribution is 0.225. The van der Waals surface area contributed by atoms with E-state index in [0.29, 0.717) is 0 Å². The first-order valence-corrected chi connectivity index (χ1v) is 4.47. The average Bonchev–Trinajstić information content (AvgIpc) is 2.10. The average molecular weight is 166 g/mol. The summed E-state index contributed by atoms with van der Waals surface area (Å²) in [5.41, 5.74) is 0. The zero-order valence-electron chi connectivity index (χ0n) is 8.05. The number of rotatable bonds is 6. The fourth-order valence-corrected chi connectivity index (χ4v) is 0.722. The highest BCUT2D eigenvalue weighted by molar-refractivity contribution is 5.16. The number of hydrogen-bond donors (Lipinski definition) is 0. The summed E-state index contributed by atoms with van der Waals surface area (Å²) < 4.78 is 5.44. The zero-order chi connectivity index (χ0) is 9.23. The summed E-state index contributed by atoms with van der Waals surface area (Å²) in [4.78, 5) is 0. The van der Waals surface area contributed by atoms with Crippen molar-refractivity contribution in [1.29, 1.82) is 0 Å². The summed E-state index contributed by atoms with van der Waals surface area (Å²) in [7, 11) is 0. The van der Waals surface area contributed by atoms with Crippen molar-refractivity contribution in [1.82, 2.24) is 0 Å². The van der Waals surface area contributed by atoms with Crippen LogP contribution in [0.5, 0.6) is 0 Å². The Hall–Kier alpha value is -0.980. The predicted octanol–water partition coefficient (Wildman–Crippen LogP) is 3.45. The molecule has 0 fully saturated rings. The second-order valence-electron chi connectivity index (χ2n) is 2.46. The molecule has 0 unspecified atom stereocenters. The molecule has 0 aromatic heterocycles. The molecule has 0 radical (unpaired) electrons. The minimum Gasteiger partial charge on any atom is -0.494 e. The molecule has 0 N–H and O–H groups in total. The maximum atomic E-state index is 5.44. The molecule has 0 amide bonds. The van der Waals surface area contributed by atoms with Gasteiger partial charge < -0.3 is 4.74 Å². The molecule has 1 heteroatoms. The highest BCUT2D eigenvalue weighted by Gasteiger charge is 1.88. The van der Waals surface area contributed by atoms with Gasteiger partial charge in [-0.3, -0.25) is 0 Å². The van der Waals surface area contributed by atoms with Gasteiger partial charge in [-0.1, -0.05) is 32.6 Å². The summed E-state index contributed by atoms with van der Waals surface area (Å²) in [6.07, 6.45) is 9.74. The molecule has 0 spiro atoms. The molecule has 0 atom stereocenters. The molecule has 0 heterocycles. The van der Waals surface area contributed by atoms with E-state index in [1.165, 1.54) is 0 Å². The third-order valence-electron chi connectivity index (χ3n) is 1.27. The van der Waals surface area contributed by atoms with Crippen molar-refractivity contribution in [3.05, 3.63) is 36.6 Å². The normalized spacial score (nSPS) is 12.0. The van der Waals surface area contributed by atoms with Gasteiger partial charge in [0.2, 0.25) is 0 Å². The van der Waals surface area contributed by atoms with Crippen LogP contribution in [0.25, 0.3) is 0 Å². The molecule has 0 aliphatic carbocycles. The lowest BCUT2D eigenvalue weighted by Crippen LogP contribution is -1.90. The van der Waals surface area contributed by atoms with Crippen LogP contribution in [0.3, 0.4) is 0 Å². The topological polar surface area (TPSA) is 9.23 Å². The smallest absolute Gasteiger partial charge is 0.118 e. The number of allylic oxidation sites excluding steroid dienone is 4. The van der Waals surface area contributed by atoms with Crippen LogP contribution in [0.4, 0.5) is 0 Å². The molecule has 0 saturated carbocycles. The molecule has 0 bridgehead atoms. The summed E-state index contributed by atoms with van der Waals surface area (Å²) in [6, 6.07) is 0. The van der Waals surface area contributed by atoms with Gasteiger partial charge in [-0.15, -0.1) is 0 Å².